The van der Waals surface area contributed by atoms with Crippen molar-refractivity contribution in [3.05, 3.63) is 41.5 Å². The van der Waals surface area contributed by atoms with Crippen LogP contribution in [0.4, 0.5) is 0 Å². The molecule has 1 atom stereocenters. The number of aromatic nitrogens is 4. The molecular weight excluding hydrogens is 316 g/mol. The molecule has 25 heavy (non-hydrogen) atoms. The minimum atomic E-state index is -0.185. The molecule has 1 amide bonds. The van der Waals surface area contributed by atoms with E-state index in [-0.39, 0.29) is 5.91 Å². The van der Waals surface area contributed by atoms with E-state index in [0.717, 1.165) is 30.9 Å². The van der Waals surface area contributed by atoms with E-state index in [2.05, 4.69) is 25.9 Å². The Morgan fingerprint density at radius 1 is 1.40 bits per heavy atom. The van der Waals surface area contributed by atoms with Crippen molar-refractivity contribution in [2.45, 2.75) is 51.6 Å². The number of carbonyl (C=O) groups is 1. The number of nitrogens with one attached hydrogen (secondary N) is 2. The van der Waals surface area contributed by atoms with Gasteiger partial charge in [0.05, 0.1) is 6.20 Å². The third kappa shape index (κ3) is 5.35. The van der Waals surface area contributed by atoms with Crippen LogP contribution in [0.2, 0.25) is 0 Å². The minimum absolute atomic E-state index is 0.185. The zero-order valence-corrected chi connectivity index (χ0v) is 14.7. The Hall–Kier alpha value is -2.28. The third-order valence-electron chi connectivity index (χ3n) is 4.50. The Kier molecular flexibility index (Phi) is 6.11. The second-order valence-electron chi connectivity index (χ2n) is 6.58. The lowest BCUT2D eigenvalue weighted by molar-refractivity contribution is 0.0949. The lowest BCUT2D eigenvalue weighted by Crippen LogP contribution is -2.34. The smallest absolute Gasteiger partial charge is 0.273 e. The van der Waals surface area contributed by atoms with Crippen molar-refractivity contribution in [2.75, 3.05) is 13.1 Å². The van der Waals surface area contributed by atoms with Gasteiger partial charge in [-0.15, -0.1) is 5.10 Å². The van der Waals surface area contributed by atoms with Gasteiger partial charge in [-0.05, 0) is 44.9 Å². The predicted octanol–water partition coefficient (Wildman–Crippen LogP) is 1.49. The molecule has 1 aliphatic rings. The SMILES string of the molecule is Cc1cccc(CCNC(=O)c2cn(CCC3CCCCN3)nn2)n1. The predicted molar refractivity (Wildman–Crippen MR) is 95.3 cm³/mol. The van der Waals surface area contributed by atoms with Crippen LogP contribution < -0.4 is 10.6 Å². The summed E-state index contributed by atoms with van der Waals surface area (Å²) in [6.45, 7) is 4.38. The molecule has 2 N–H and O–H groups in total. The van der Waals surface area contributed by atoms with Crippen LogP contribution in [0, 0.1) is 6.92 Å². The molecule has 2 aromatic heterocycles. The van der Waals surface area contributed by atoms with Gasteiger partial charge < -0.3 is 10.6 Å². The number of nitrogens with zero attached hydrogens (tertiary/aromatic N) is 4. The van der Waals surface area contributed by atoms with Crippen molar-refractivity contribution < 1.29 is 4.79 Å². The molecule has 134 valence electrons. The number of pyridine rings is 1. The molecule has 0 saturated carbocycles. The van der Waals surface area contributed by atoms with Gasteiger partial charge in [0.15, 0.2) is 5.69 Å². The Morgan fingerprint density at radius 2 is 2.32 bits per heavy atom. The largest absolute Gasteiger partial charge is 0.350 e. The number of carbonyl (C=O) groups excluding carboxylic acids is 1. The van der Waals surface area contributed by atoms with Crippen LogP contribution in [0.15, 0.2) is 24.4 Å². The van der Waals surface area contributed by atoms with Crippen molar-refractivity contribution in [2.24, 2.45) is 0 Å². The highest BCUT2D eigenvalue weighted by Crippen LogP contribution is 2.10. The summed E-state index contributed by atoms with van der Waals surface area (Å²) in [6.07, 6.45) is 7.22. The van der Waals surface area contributed by atoms with Gasteiger partial charge in [0.1, 0.15) is 0 Å². The number of rotatable bonds is 7. The van der Waals surface area contributed by atoms with Crippen molar-refractivity contribution in [3.8, 4) is 0 Å². The molecule has 0 bridgehead atoms. The van der Waals surface area contributed by atoms with Gasteiger partial charge in [-0.2, -0.15) is 0 Å². The van der Waals surface area contributed by atoms with Gasteiger partial charge in [-0.3, -0.25) is 14.5 Å². The highest BCUT2D eigenvalue weighted by atomic mass is 16.2. The van der Waals surface area contributed by atoms with E-state index < -0.39 is 0 Å². The molecular formula is C18H26N6O. The summed E-state index contributed by atoms with van der Waals surface area (Å²) in [6, 6.07) is 6.46. The summed E-state index contributed by atoms with van der Waals surface area (Å²) in [4.78, 5) is 16.6. The number of piperidine rings is 1. The van der Waals surface area contributed by atoms with Gasteiger partial charge >= 0.3 is 0 Å². The van der Waals surface area contributed by atoms with Gasteiger partial charge in [0, 0.05) is 36.9 Å². The van der Waals surface area contributed by atoms with Gasteiger partial charge in [0.25, 0.3) is 5.91 Å². The maximum Gasteiger partial charge on any atom is 0.273 e. The number of hydrogen-bond donors (Lipinski definition) is 2. The summed E-state index contributed by atoms with van der Waals surface area (Å²) in [5, 5.41) is 14.4. The first-order valence-electron chi connectivity index (χ1n) is 9.05. The Morgan fingerprint density at radius 3 is 3.12 bits per heavy atom. The zero-order valence-electron chi connectivity index (χ0n) is 14.7. The van der Waals surface area contributed by atoms with E-state index in [4.69, 9.17) is 0 Å². The molecule has 3 heterocycles. The summed E-state index contributed by atoms with van der Waals surface area (Å²) >= 11 is 0. The van der Waals surface area contributed by atoms with Crippen LogP contribution in [-0.4, -0.2) is 45.0 Å². The molecule has 1 fully saturated rings. The summed E-state index contributed by atoms with van der Waals surface area (Å²) < 4.78 is 1.76. The molecule has 7 heteroatoms. The van der Waals surface area contributed by atoms with E-state index in [9.17, 15) is 4.79 Å². The van der Waals surface area contributed by atoms with Crippen LogP contribution >= 0.6 is 0 Å². The Labute approximate surface area is 148 Å². The first-order chi connectivity index (χ1) is 12.2. The van der Waals surface area contributed by atoms with E-state index in [0.29, 0.717) is 24.7 Å². The molecule has 1 aliphatic heterocycles. The maximum absolute atomic E-state index is 12.2. The summed E-state index contributed by atoms with van der Waals surface area (Å²) in [7, 11) is 0. The molecule has 0 aliphatic carbocycles. The van der Waals surface area contributed by atoms with E-state index in [1.165, 1.54) is 19.3 Å². The first kappa shape index (κ1) is 17.5. The quantitative estimate of drug-likeness (QED) is 0.796. The van der Waals surface area contributed by atoms with Crippen LogP contribution in [-0.2, 0) is 13.0 Å². The molecule has 7 nitrogen and oxygen atoms in total. The van der Waals surface area contributed by atoms with E-state index >= 15 is 0 Å². The van der Waals surface area contributed by atoms with Crippen molar-refractivity contribution in [1.29, 1.82) is 0 Å². The van der Waals surface area contributed by atoms with E-state index in [1.54, 1.807) is 10.9 Å². The first-order valence-corrected chi connectivity index (χ1v) is 9.05. The fourth-order valence-corrected chi connectivity index (χ4v) is 3.10. The highest BCUT2D eigenvalue weighted by Gasteiger charge is 2.14. The van der Waals surface area contributed by atoms with Gasteiger partial charge in [-0.25, -0.2) is 0 Å². The molecule has 3 rings (SSSR count). The van der Waals surface area contributed by atoms with Crippen molar-refractivity contribution in [3.63, 3.8) is 0 Å². The fraction of sp³-hybridized carbons (Fsp3) is 0.556. The fourth-order valence-electron chi connectivity index (χ4n) is 3.10. The van der Waals surface area contributed by atoms with Crippen molar-refractivity contribution >= 4 is 5.91 Å². The maximum atomic E-state index is 12.2. The van der Waals surface area contributed by atoms with E-state index in [1.807, 2.05) is 25.1 Å². The zero-order chi connectivity index (χ0) is 17.5. The average Bonchev–Trinajstić information content (AvgIpc) is 3.10. The Balaban J connectivity index is 1.42. The molecule has 0 aromatic carbocycles. The molecule has 0 spiro atoms. The molecule has 2 aromatic rings. The van der Waals surface area contributed by atoms with Crippen LogP contribution in [0.3, 0.4) is 0 Å². The molecule has 0 radical (unpaired) electrons. The van der Waals surface area contributed by atoms with Crippen LogP contribution in [0.25, 0.3) is 0 Å². The topological polar surface area (TPSA) is 84.7 Å². The van der Waals surface area contributed by atoms with Gasteiger partial charge in [0.2, 0.25) is 0 Å². The Bertz CT molecular complexity index is 692. The summed E-state index contributed by atoms with van der Waals surface area (Å²) in [5.41, 5.74) is 2.33. The molecule has 1 saturated heterocycles. The lowest BCUT2D eigenvalue weighted by atomic mass is 10.0. The standard InChI is InChI=1S/C18H26N6O/c1-14-5-4-7-16(21-14)8-11-20-18(25)17-13-24(23-22-17)12-9-15-6-2-3-10-19-15/h4-5,7,13,15,19H,2-3,6,8-12H2,1H3,(H,20,25). The molecule has 1 unspecified atom stereocenters. The minimum Gasteiger partial charge on any atom is -0.350 e. The monoisotopic (exact) mass is 342 g/mol. The normalized spacial score (nSPS) is 17.4. The average molecular weight is 342 g/mol. The van der Waals surface area contributed by atoms with Crippen LogP contribution in [0.5, 0.6) is 0 Å². The lowest BCUT2D eigenvalue weighted by Gasteiger charge is -2.23. The second kappa shape index (κ2) is 8.71. The number of aryl methyl sites for hydroxylation is 2. The number of hydrogen-bond acceptors (Lipinski definition) is 5. The van der Waals surface area contributed by atoms with Crippen LogP contribution in [0.1, 0.15) is 47.6 Å². The summed E-state index contributed by atoms with van der Waals surface area (Å²) in [5.74, 6) is -0.185. The highest BCUT2D eigenvalue weighted by molar-refractivity contribution is 5.91. The second-order valence-corrected chi connectivity index (χ2v) is 6.58. The van der Waals surface area contributed by atoms with Crippen molar-refractivity contribution in [1.82, 2.24) is 30.6 Å². The van der Waals surface area contributed by atoms with Gasteiger partial charge in [-0.1, -0.05) is 17.7 Å². The third-order valence-corrected chi connectivity index (χ3v) is 4.50. The number of amides is 1.